The number of carbonyl (C=O) groups is 1. The van der Waals surface area contributed by atoms with Gasteiger partial charge in [-0.1, -0.05) is 42.0 Å². The lowest BCUT2D eigenvalue weighted by Crippen LogP contribution is -2.53. The zero-order chi connectivity index (χ0) is 17.1. The quantitative estimate of drug-likeness (QED) is 0.580. The molecule has 0 saturated heterocycles. The summed E-state index contributed by atoms with van der Waals surface area (Å²) in [4.78, 5) is 11.9. The van der Waals surface area contributed by atoms with Gasteiger partial charge in [-0.05, 0) is 84.3 Å². The summed E-state index contributed by atoms with van der Waals surface area (Å²) in [5.41, 5.74) is 0.849. The van der Waals surface area contributed by atoms with Crippen LogP contribution in [0.1, 0.15) is 58.8 Å². The third-order valence-corrected chi connectivity index (χ3v) is 8.55. The van der Waals surface area contributed by atoms with Gasteiger partial charge in [-0.2, -0.15) is 0 Å². The summed E-state index contributed by atoms with van der Waals surface area (Å²) in [5, 5.41) is 11.3. The monoisotopic (exact) mass is 440 g/mol. The molecule has 24 heavy (non-hydrogen) atoms. The van der Waals surface area contributed by atoms with Crippen molar-refractivity contribution in [3.8, 4) is 0 Å². The summed E-state index contributed by atoms with van der Waals surface area (Å²) in [6.45, 7) is 4.74. The normalized spacial score (nSPS) is 51.1. The van der Waals surface area contributed by atoms with E-state index in [1.54, 1.807) is 0 Å². The van der Waals surface area contributed by atoms with Crippen LogP contribution in [0, 0.1) is 35.0 Å². The average Bonchev–Trinajstić information content (AvgIpc) is 2.79. The molecular formula is C21H29IO2. The van der Waals surface area contributed by atoms with Crippen molar-refractivity contribution < 1.29 is 9.90 Å². The van der Waals surface area contributed by atoms with Gasteiger partial charge in [-0.15, -0.1) is 0 Å². The van der Waals surface area contributed by atoms with E-state index in [0.717, 1.165) is 50.4 Å². The highest BCUT2D eigenvalue weighted by atomic mass is 127. The largest absolute Gasteiger partial charge is 0.385 e. The first kappa shape index (κ1) is 17.3. The number of allylic oxidation sites excluding steroid dienone is 1. The molecule has 3 fully saturated rings. The van der Waals surface area contributed by atoms with Crippen molar-refractivity contribution in [1.29, 1.82) is 0 Å². The first-order chi connectivity index (χ1) is 11.4. The van der Waals surface area contributed by atoms with Crippen molar-refractivity contribution in [3.05, 3.63) is 21.8 Å². The van der Waals surface area contributed by atoms with Crippen molar-refractivity contribution in [2.75, 3.05) is 0 Å². The van der Waals surface area contributed by atoms with E-state index in [0.29, 0.717) is 23.5 Å². The molecule has 3 saturated carbocycles. The molecule has 4 aliphatic carbocycles. The summed E-state index contributed by atoms with van der Waals surface area (Å²) in [5.74, 6) is 3.70. The number of ketones is 1. The smallest absolute Gasteiger partial charge is 0.155 e. The molecule has 7 atom stereocenters. The van der Waals surface area contributed by atoms with E-state index < -0.39 is 5.60 Å². The Kier molecular flexibility index (Phi) is 4.27. The van der Waals surface area contributed by atoms with E-state index >= 15 is 0 Å². The molecule has 0 spiro atoms. The number of hydrogen-bond acceptors (Lipinski definition) is 2. The number of carbonyl (C=O) groups excluding carboxylic acids is 1. The third-order valence-electron chi connectivity index (χ3n) is 8.19. The molecule has 132 valence electrons. The molecule has 0 heterocycles. The van der Waals surface area contributed by atoms with Crippen molar-refractivity contribution >= 4 is 28.4 Å². The summed E-state index contributed by atoms with van der Waals surface area (Å²) in [7, 11) is 0. The number of hydrogen-bond donors (Lipinski definition) is 1. The first-order valence-corrected chi connectivity index (χ1v) is 10.9. The topological polar surface area (TPSA) is 37.3 Å². The van der Waals surface area contributed by atoms with E-state index in [-0.39, 0.29) is 5.41 Å². The first-order valence-electron chi connectivity index (χ1n) is 9.63. The molecule has 0 radical (unpaired) electrons. The number of aliphatic hydroxyl groups is 1. The van der Waals surface area contributed by atoms with Gasteiger partial charge in [-0.25, -0.2) is 0 Å². The van der Waals surface area contributed by atoms with Gasteiger partial charge in [0, 0.05) is 11.8 Å². The zero-order valence-corrected chi connectivity index (χ0v) is 17.0. The van der Waals surface area contributed by atoms with E-state index in [1.165, 1.54) is 12.0 Å². The Morgan fingerprint density at radius 1 is 1.29 bits per heavy atom. The molecule has 0 aromatic carbocycles. The maximum absolute atomic E-state index is 11.9. The molecule has 4 rings (SSSR count). The summed E-state index contributed by atoms with van der Waals surface area (Å²) < 4.78 is 2.01. The van der Waals surface area contributed by atoms with Crippen LogP contribution in [-0.2, 0) is 4.79 Å². The molecule has 1 N–H and O–H groups in total. The second-order valence-corrected chi connectivity index (χ2v) is 9.79. The molecule has 0 bridgehead atoms. The fourth-order valence-corrected chi connectivity index (χ4v) is 7.61. The van der Waals surface area contributed by atoms with Crippen LogP contribution in [0.2, 0.25) is 0 Å². The van der Waals surface area contributed by atoms with Crippen molar-refractivity contribution in [3.63, 3.8) is 0 Å². The highest BCUT2D eigenvalue weighted by Gasteiger charge is 2.62. The Bertz CT molecular complexity index is 609. The van der Waals surface area contributed by atoms with Gasteiger partial charge in [0.15, 0.2) is 5.78 Å². The summed E-state index contributed by atoms with van der Waals surface area (Å²) >= 11 is 2.24. The van der Waals surface area contributed by atoms with Gasteiger partial charge in [0.1, 0.15) is 0 Å². The lowest BCUT2D eigenvalue weighted by Gasteiger charge is -2.57. The Morgan fingerprint density at radius 2 is 2.08 bits per heavy atom. The van der Waals surface area contributed by atoms with Crippen molar-refractivity contribution in [2.24, 2.45) is 35.0 Å². The summed E-state index contributed by atoms with van der Waals surface area (Å²) in [6.07, 6.45) is 11.4. The lowest BCUT2D eigenvalue weighted by molar-refractivity contribution is -0.118. The minimum Gasteiger partial charge on any atom is -0.385 e. The van der Waals surface area contributed by atoms with E-state index in [4.69, 9.17) is 0 Å². The molecule has 2 nitrogen and oxygen atoms in total. The Hall–Kier alpha value is -0.160. The molecule has 0 aromatic rings. The van der Waals surface area contributed by atoms with Crippen LogP contribution in [0.4, 0.5) is 0 Å². The van der Waals surface area contributed by atoms with Gasteiger partial charge in [0.25, 0.3) is 0 Å². The minimum atomic E-state index is -0.623. The Labute approximate surface area is 159 Å². The van der Waals surface area contributed by atoms with Crippen LogP contribution in [0.15, 0.2) is 21.8 Å². The predicted molar refractivity (Wildman–Crippen MR) is 105 cm³/mol. The van der Waals surface area contributed by atoms with Crippen molar-refractivity contribution in [2.45, 2.75) is 64.4 Å². The second kappa shape index (κ2) is 5.94. The van der Waals surface area contributed by atoms with Gasteiger partial charge >= 0.3 is 0 Å². The molecule has 0 amide bonds. The Balaban J connectivity index is 1.68. The Morgan fingerprint density at radius 3 is 2.83 bits per heavy atom. The third kappa shape index (κ3) is 2.33. The van der Waals surface area contributed by atoms with Crippen molar-refractivity contribution in [1.82, 2.24) is 0 Å². The van der Waals surface area contributed by atoms with E-state index in [2.05, 4.69) is 42.5 Å². The highest BCUT2D eigenvalue weighted by Crippen LogP contribution is 2.66. The predicted octanol–water partition coefficient (Wildman–Crippen LogP) is 5.05. The maximum Gasteiger partial charge on any atom is 0.155 e. The van der Waals surface area contributed by atoms with Gasteiger partial charge in [0.2, 0.25) is 0 Å². The molecule has 0 aliphatic heterocycles. The van der Waals surface area contributed by atoms with Crippen LogP contribution >= 0.6 is 22.6 Å². The van der Waals surface area contributed by atoms with Crippen LogP contribution < -0.4 is 0 Å². The summed E-state index contributed by atoms with van der Waals surface area (Å²) in [6, 6.07) is 0. The number of rotatable bonds is 1. The maximum atomic E-state index is 11.9. The van der Waals surface area contributed by atoms with Gasteiger partial charge in [-0.3, -0.25) is 4.79 Å². The van der Waals surface area contributed by atoms with Crippen LogP contribution in [0.5, 0.6) is 0 Å². The molecular weight excluding hydrogens is 411 g/mol. The minimum absolute atomic E-state index is 0.0236. The highest BCUT2D eigenvalue weighted by molar-refractivity contribution is 14.1. The molecule has 4 unspecified atom stereocenters. The standard InChI is InChI=1S/C21H29IO2/c1-13-11-14-12-15(23)3-4-16(14)17-5-7-20(2)18(19(13)17)6-8-21(20,24)9-10-22/h9-10,12-13,16-19,24H,3-8,11H2,1-2H3/b10-9+/t13-,16?,17?,18?,19?,20+,21-/m1/s1. The fraction of sp³-hybridized carbons (Fsp3) is 0.762. The van der Waals surface area contributed by atoms with Crippen LogP contribution in [-0.4, -0.2) is 16.5 Å². The lowest BCUT2D eigenvalue weighted by atomic mass is 9.48. The van der Waals surface area contributed by atoms with Crippen LogP contribution in [0.25, 0.3) is 0 Å². The fourth-order valence-electron chi connectivity index (χ4n) is 7.02. The second-order valence-electron chi connectivity index (χ2n) is 9.07. The van der Waals surface area contributed by atoms with Crippen LogP contribution in [0.3, 0.4) is 0 Å². The molecule has 0 aromatic heterocycles. The molecule has 4 aliphatic rings. The average molecular weight is 440 g/mol. The van der Waals surface area contributed by atoms with Gasteiger partial charge < -0.3 is 5.11 Å². The zero-order valence-electron chi connectivity index (χ0n) is 14.8. The molecule has 3 heteroatoms. The number of halogens is 1. The SMILES string of the molecule is C[C@@H]1CC2=CC(=O)CCC2C2CC[C@@]3(C)C(CC[C@@]3(O)/C=C/I)C21. The van der Waals surface area contributed by atoms with Gasteiger partial charge in [0.05, 0.1) is 5.60 Å². The van der Waals surface area contributed by atoms with E-state index in [9.17, 15) is 9.90 Å². The van der Waals surface area contributed by atoms with E-state index in [1.807, 2.05) is 10.2 Å². The number of fused-ring (bicyclic) bond motifs is 5.